The molecule has 0 saturated heterocycles. The van der Waals surface area contributed by atoms with Gasteiger partial charge >= 0.3 is 5.97 Å². The highest BCUT2D eigenvalue weighted by atomic mass is 16.5. The lowest BCUT2D eigenvalue weighted by Gasteiger charge is -2.25. The summed E-state index contributed by atoms with van der Waals surface area (Å²) in [5, 5.41) is 9.70. The highest BCUT2D eigenvalue weighted by molar-refractivity contribution is 5.76. The molecule has 0 saturated carbocycles. The molecule has 0 bridgehead atoms. The van der Waals surface area contributed by atoms with E-state index >= 15 is 0 Å². The third kappa shape index (κ3) is 3.22. The zero-order valence-corrected chi connectivity index (χ0v) is 13.2. The third-order valence-electron chi connectivity index (χ3n) is 3.93. The minimum atomic E-state index is -0.904. The molecular formula is C17H20N2O4. The first-order valence-corrected chi connectivity index (χ1v) is 7.69. The standard InChI is InChI=1S/C17H20N2O4/c1-11(2)14-9-18-15(23-14)10-19-7-8-22-13-6-4-3-5-12(13)16(19)17(20)21/h3-6,9,11,16H,7-8,10H2,1-2H3,(H,20,21). The maximum Gasteiger partial charge on any atom is 0.325 e. The van der Waals surface area contributed by atoms with Gasteiger partial charge in [0, 0.05) is 18.0 Å². The second-order valence-corrected chi connectivity index (χ2v) is 5.91. The lowest BCUT2D eigenvalue weighted by Crippen LogP contribution is -2.34. The van der Waals surface area contributed by atoms with E-state index in [-0.39, 0.29) is 5.92 Å². The highest BCUT2D eigenvalue weighted by Gasteiger charge is 2.33. The molecule has 0 fully saturated rings. The minimum absolute atomic E-state index is 0.250. The molecule has 122 valence electrons. The summed E-state index contributed by atoms with van der Waals surface area (Å²) in [7, 11) is 0. The normalized spacial score (nSPS) is 18.3. The van der Waals surface area contributed by atoms with Gasteiger partial charge < -0.3 is 14.3 Å². The number of oxazole rings is 1. The van der Waals surface area contributed by atoms with Crippen LogP contribution >= 0.6 is 0 Å². The lowest BCUT2D eigenvalue weighted by atomic mass is 10.0. The van der Waals surface area contributed by atoms with Gasteiger partial charge in [0.2, 0.25) is 5.89 Å². The fourth-order valence-corrected chi connectivity index (χ4v) is 2.73. The molecule has 1 aromatic carbocycles. The van der Waals surface area contributed by atoms with E-state index in [1.165, 1.54) is 0 Å². The maximum absolute atomic E-state index is 11.8. The van der Waals surface area contributed by atoms with Crippen molar-refractivity contribution in [1.82, 2.24) is 9.88 Å². The predicted molar refractivity (Wildman–Crippen MR) is 83.3 cm³/mol. The van der Waals surface area contributed by atoms with Gasteiger partial charge in [-0.25, -0.2) is 4.98 Å². The SMILES string of the molecule is CC(C)c1cnc(CN2CCOc3ccccc3C2C(=O)O)o1. The summed E-state index contributed by atoms with van der Waals surface area (Å²) in [6.07, 6.45) is 1.71. The van der Waals surface area contributed by atoms with Gasteiger partial charge in [-0.3, -0.25) is 9.69 Å². The average Bonchev–Trinajstić information content (AvgIpc) is 2.89. The predicted octanol–water partition coefficient (Wildman–Crippen LogP) is 2.82. The number of carboxylic acid groups (broad SMARTS) is 1. The van der Waals surface area contributed by atoms with Crippen molar-refractivity contribution in [3.05, 3.63) is 47.7 Å². The van der Waals surface area contributed by atoms with Crippen LogP contribution in [0.3, 0.4) is 0 Å². The van der Waals surface area contributed by atoms with Crippen molar-refractivity contribution in [3.63, 3.8) is 0 Å². The van der Waals surface area contributed by atoms with Gasteiger partial charge in [0.25, 0.3) is 0 Å². The molecule has 6 nitrogen and oxygen atoms in total. The van der Waals surface area contributed by atoms with Gasteiger partial charge in [0.05, 0.1) is 12.7 Å². The summed E-state index contributed by atoms with van der Waals surface area (Å²) in [6, 6.07) is 6.49. The molecule has 23 heavy (non-hydrogen) atoms. The molecule has 6 heteroatoms. The molecule has 1 N–H and O–H groups in total. The molecule has 0 aliphatic carbocycles. The molecule has 1 aromatic heterocycles. The van der Waals surface area contributed by atoms with Crippen LogP contribution in [-0.4, -0.2) is 34.1 Å². The Balaban J connectivity index is 1.89. The van der Waals surface area contributed by atoms with E-state index in [1.807, 2.05) is 30.9 Å². The second-order valence-electron chi connectivity index (χ2n) is 5.91. The number of rotatable bonds is 4. The average molecular weight is 316 g/mol. The number of carbonyl (C=O) groups is 1. The molecule has 0 spiro atoms. The van der Waals surface area contributed by atoms with Crippen LogP contribution in [-0.2, 0) is 11.3 Å². The largest absolute Gasteiger partial charge is 0.492 e. The minimum Gasteiger partial charge on any atom is -0.492 e. The molecule has 2 heterocycles. The molecule has 0 radical (unpaired) electrons. The van der Waals surface area contributed by atoms with Crippen LogP contribution in [0.4, 0.5) is 0 Å². The molecule has 1 unspecified atom stereocenters. The van der Waals surface area contributed by atoms with Crippen molar-refractivity contribution in [2.75, 3.05) is 13.2 Å². The fraction of sp³-hybridized carbons (Fsp3) is 0.412. The molecule has 0 amide bonds. The number of carboxylic acids is 1. The number of para-hydroxylation sites is 1. The summed E-state index contributed by atoms with van der Waals surface area (Å²) in [6.45, 7) is 5.31. The maximum atomic E-state index is 11.8. The van der Waals surface area contributed by atoms with Crippen molar-refractivity contribution in [2.24, 2.45) is 0 Å². The number of hydrogen-bond donors (Lipinski definition) is 1. The zero-order valence-electron chi connectivity index (χ0n) is 13.2. The summed E-state index contributed by atoms with van der Waals surface area (Å²) in [4.78, 5) is 17.9. The molecule has 1 aliphatic heterocycles. The van der Waals surface area contributed by atoms with E-state index < -0.39 is 12.0 Å². The van der Waals surface area contributed by atoms with Crippen molar-refractivity contribution in [1.29, 1.82) is 0 Å². The summed E-state index contributed by atoms with van der Waals surface area (Å²) < 4.78 is 11.4. The van der Waals surface area contributed by atoms with Crippen LogP contribution in [0.15, 0.2) is 34.9 Å². The first-order valence-electron chi connectivity index (χ1n) is 7.69. The van der Waals surface area contributed by atoms with E-state index in [0.29, 0.717) is 36.9 Å². The number of nitrogens with zero attached hydrogens (tertiary/aromatic N) is 2. The van der Waals surface area contributed by atoms with Crippen LogP contribution in [0.2, 0.25) is 0 Å². The molecule has 3 rings (SSSR count). The van der Waals surface area contributed by atoms with E-state index in [2.05, 4.69) is 4.98 Å². The van der Waals surface area contributed by atoms with Crippen molar-refractivity contribution in [2.45, 2.75) is 32.4 Å². The Morgan fingerprint density at radius 2 is 2.22 bits per heavy atom. The first kappa shape index (κ1) is 15.6. The molecule has 1 aliphatic rings. The van der Waals surface area contributed by atoms with Crippen LogP contribution in [0.5, 0.6) is 5.75 Å². The topological polar surface area (TPSA) is 75.8 Å². The van der Waals surface area contributed by atoms with Crippen LogP contribution in [0.25, 0.3) is 0 Å². The summed E-state index contributed by atoms with van der Waals surface area (Å²) in [5.74, 6) is 1.30. The second kappa shape index (κ2) is 6.42. The molecule has 2 aromatic rings. The van der Waals surface area contributed by atoms with Gasteiger partial charge in [-0.05, 0) is 6.07 Å². The van der Waals surface area contributed by atoms with Crippen molar-refractivity contribution >= 4 is 5.97 Å². The molecule has 1 atom stereocenters. The fourth-order valence-electron chi connectivity index (χ4n) is 2.73. The first-order chi connectivity index (χ1) is 11.1. The number of aromatic nitrogens is 1. The van der Waals surface area contributed by atoms with Gasteiger partial charge in [0.1, 0.15) is 24.2 Å². The Morgan fingerprint density at radius 3 is 2.91 bits per heavy atom. The van der Waals surface area contributed by atoms with Crippen LogP contribution in [0.1, 0.15) is 43.0 Å². The quantitative estimate of drug-likeness (QED) is 0.935. The third-order valence-corrected chi connectivity index (χ3v) is 3.93. The summed E-state index contributed by atoms with van der Waals surface area (Å²) >= 11 is 0. The van der Waals surface area contributed by atoms with Gasteiger partial charge in [-0.15, -0.1) is 0 Å². The Kier molecular flexibility index (Phi) is 4.34. The van der Waals surface area contributed by atoms with E-state index in [0.717, 1.165) is 5.76 Å². The van der Waals surface area contributed by atoms with E-state index in [4.69, 9.17) is 9.15 Å². The highest BCUT2D eigenvalue weighted by Crippen LogP contribution is 2.33. The number of hydrogen-bond acceptors (Lipinski definition) is 5. The van der Waals surface area contributed by atoms with Gasteiger partial charge in [-0.2, -0.15) is 0 Å². The summed E-state index contributed by atoms with van der Waals surface area (Å²) in [5.41, 5.74) is 0.660. The van der Waals surface area contributed by atoms with Crippen molar-refractivity contribution in [3.8, 4) is 5.75 Å². The Hall–Kier alpha value is -2.34. The van der Waals surface area contributed by atoms with Crippen LogP contribution in [0, 0.1) is 0 Å². The lowest BCUT2D eigenvalue weighted by molar-refractivity contribution is -0.143. The van der Waals surface area contributed by atoms with Crippen LogP contribution < -0.4 is 4.74 Å². The Morgan fingerprint density at radius 1 is 1.43 bits per heavy atom. The number of ether oxygens (including phenoxy) is 1. The Bertz CT molecular complexity index is 695. The van der Waals surface area contributed by atoms with E-state index in [1.54, 1.807) is 18.3 Å². The van der Waals surface area contributed by atoms with Gasteiger partial charge in [0.15, 0.2) is 0 Å². The van der Waals surface area contributed by atoms with E-state index in [9.17, 15) is 9.90 Å². The smallest absolute Gasteiger partial charge is 0.325 e. The van der Waals surface area contributed by atoms with Gasteiger partial charge in [-0.1, -0.05) is 32.0 Å². The number of aliphatic carboxylic acids is 1. The number of benzene rings is 1. The Labute approximate surface area is 134 Å². The number of fused-ring (bicyclic) bond motifs is 1. The molecular weight excluding hydrogens is 296 g/mol. The monoisotopic (exact) mass is 316 g/mol. The van der Waals surface area contributed by atoms with Crippen molar-refractivity contribution < 1.29 is 19.1 Å². The zero-order chi connectivity index (χ0) is 16.4.